The van der Waals surface area contributed by atoms with E-state index in [0.717, 1.165) is 36.3 Å². The Morgan fingerprint density at radius 3 is 2.41 bits per heavy atom. The van der Waals surface area contributed by atoms with E-state index in [2.05, 4.69) is 35.2 Å². The summed E-state index contributed by atoms with van der Waals surface area (Å²) in [5.41, 5.74) is 2.29. The van der Waals surface area contributed by atoms with Crippen molar-refractivity contribution in [1.29, 1.82) is 0 Å². The number of rotatable bonds is 7. The fourth-order valence-electron chi connectivity index (χ4n) is 4.72. The van der Waals surface area contributed by atoms with Crippen LogP contribution in [-0.4, -0.2) is 29.1 Å². The van der Waals surface area contributed by atoms with Crippen LogP contribution in [0.1, 0.15) is 54.6 Å². The highest BCUT2D eigenvalue weighted by Gasteiger charge is 2.29. The van der Waals surface area contributed by atoms with Crippen molar-refractivity contribution in [2.24, 2.45) is 11.8 Å². The van der Waals surface area contributed by atoms with Gasteiger partial charge in [0, 0.05) is 17.5 Å². The number of benzene rings is 2. The summed E-state index contributed by atoms with van der Waals surface area (Å²) >= 11 is 5.94. The zero-order chi connectivity index (χ0) is 22.5. The normalized spacial score (nSPS) is 20.2. The Balaban J connectivity index is 1.32. The summed E-state index contributed by atoms with van der Waals surface area (Å²) in [6.45, 7) is 0. The standard InChI is InChI=1S/C26H29ClFN3O/c1-31(2)26(21-10-14-23(28)15-11-21)20-8-3-18(4-9-20)7-16-25-29-24(30-32-25)17-19-5-12-22(27)13-6-19/h5-7,10-16,18,20,26H,3-4,8-9,17H2,1-2H3. The SMILES string of the molecule is CN(C)C(c1ccc(F)cc1)C1CCC(C=Cc2nc(Cc3ccc(Cl)cc3)no2)CC1. The molecule has 0 radical (unpaired) electrons. The van der Waals surface area contributed by atoms with Crippen molar-refractivity contribution < 1.29 is 8.91 Å². The molecule has 32 heavy (non-hydrogen) atoms. The lowest BCUT2D eigenvalue weighted by atomic mass is 9.76. The Morgan fingerprint density at radius 1 is 1.06 bits per heavy atom. The summed E-state index contributed by atoms with van der Waals surface area (Å²) < 4.78 is 18.7. The highest BCUT2D eigenvalue weighted by atomic mass is 35.5. The number of aromatic nitrogens is 2. The Kier molecular flexibility index (Phi) is 7.38. The Morgan fingerprint density at radius 2 is 1.75 bits per heavy atom. The van der Waals surface area contributed by atoms with Gasteiger partial charge in [0.2, 0.25) is 5.89 Å². The van der Waals surface area contributed by atoms with Crippen molar-refractivity contribution in [2.75, 3.05) is 14.1 Å². The van der Waals surface area contributed by atoms with Crippen LogP contribution in [-0.2, 0) is 6.42 Å². The molecule has 0 saturated heterocycles. The first-order valence-electron chi connectivity index (χ1n) is 11.1. The van der Waals surface area contributed by atoms with Gasteiger partial charge >= 0.3 is 0 Å². The van der Waals surface area contributed by atoms with E-state index in [-0.39, 0.29) is 5.82 Å². The van der Waals surface area contributed by atoms with Crippen LogP contribution in [0.25, 0.3) is 6.08 Å². The van der Waals surface area contributed by atoms with Crippen LogP contribution >= 0.6 is 11.6 Å². The van der Waals surface area contributed by atoms with E-state index in [0.29, 0.717) is 36.0 Å². The Hall–Kier alpha value is -2.50. The van der Waals surface area contributed by atoms with Gasteiger partial charge in [-0.25, -0.2) is 4.39 Å². The average molecular weight is 454 g/mol. The molecule has 6 heteroatoms. The van der Waals surface area contributed by atoms with Gasteiger partial charge in [-0.05, 0) is 93.1 Å². The Labute approximate surface area is 194 Å². The predicted octanol–water partition coefficient (Wildman–Crippen LogP) is 6.58. The topological polar surface area (TPSA) is 42.2 Å². The second-order valence-corrected chi connectivity index (χ2v) is 9.28. The van der Waals surface area contributed by atoms with E-state index < -0.39 is 0 Å². The molecule has 1 aliphatic rings. The molecule has 168 valence electrons. The molecule has 0 aliphatic heterocycles. The first-order valence-corrected chi connectivity index (χ1v) is 11.5. The van der Waals surface area contributed by atoms with Crippen molar-refractivity contribution in [3.63, 3.8) is 0 Å². The van der Waals surface area contributed by atoms with Gasteiger partial charge in [-0.2, -0.15) is 4.98 Å². The number of allylic oxidation sites excluding steroid dienone is 1. The van der Waals surface area contributed by atoms with Gasteiger partial charge in [0.1, 0.15) is 5.82 Å². The molecule has 1 aliphatic carbocycles. The second kappa shape index (κ2) is 10.4. The van der Waals surface area contributed by atoms with Crippen molar-refractivity contribution >= 4 is 17.7 Å². The molecule has 1 saturated carbocycles. The lowest BCUT2D eigenvalue weighted by molar-refractivity contribution is 0.159. The highest BCUT2D eigenvalue weighted by Crippen LogP contribution is 2.39. The van der Waals surface area contributed by atoms with E-state index in [1.807, 2.05) is 42.5 Å². The summed E-state index contributed by atoms with van der Waals surface area (Å²) in [5.74, 6) is 2.11. The van der Waals surface area contributed by atoms with Crippen molar-refractivity contribution in [3.05, 3.63) is 88.3 Å². The maximum absolute atomic E-state index is 13.4. The fourth-order valence-corrected chi connectivity index (χ4v) is 4.84. The molecular formula is C26H29ClFN3O. The van der Waals surface area contributed by atoms with Gasteiger partial charge in [0.15, 0.2) is 5.82 Å². The molecule has 1 atom stereocenters. The molecule has 0 N–H and O–H groups in total. The molecule has 0 spiro atoms. The maximum atomic E-state index is 13.4. The zero-order valence-corrected chi connectivity index (χ0v) is 19.3. The molecule has 1 aromatic heterocycles. The quantitative estimate of drug-likeness (QED) is 0.405. The van der Waals surface area contributed by atoms with E-state index >= 15 is 0 Å². The minimum Gasteiger partial charge on any atom is -0.335 e. The van der Waals surface area contributed by atoms with Crippen LogP contribution in [0.5, 0.6) is 0 Å². The maximum Gasteiger partial charge on any atom is 0.250 e. The minimum atomic E-state index is -0.183. The summed E-state index contributed by atoms with van der Waals surface area (Å²) in [4.78, 5) is 6.75. The molecule has 4 nitrogen and oxygen atoms in total. The van der Waals surface area contributed by atoms with Crippen molar-refractivity contribution in [3.8, 4) is 0 Å². The summed E-state index contributed by atoms with van der Waals surface area (Å²) in [5, 5.41) is 4.81. The van der Waals surface area contributed by atoms with Gasteiger partial charge in [0.25, 0.3) is 0 Å². The van der Waals surface area contributed by atoms with Crippen LogP contribution in [0.4, 0.5) is 4.39 Å². The van der Waals surface area contributed by atoms with Crippen LogP contribution < -0.4 is 0 Å². The molecule has 3 aromatic rings. The molecule has 0 amide bonds. The van der Waals surface area contributed by atoms with Crippen molar-refractivity contribution in [1.82, 2.24) is 15.0 Å². The smallest absolute Gasteiger partial charge is 0.250 e. The van der Waals surface area contributed by atoms with Gasteiger partial charge in [-0.1, -0.05) is 47.1 Å². The fraction of sp³-hybridized carbons (Fsp3) is 0.385. The third-order valence-electron chi connectivity index (χ3n) is 6.30. The number of hydrogen-bond donors (Lipinski definition) is 0. The first-order chi connectivity index (χ1) is 15.5. The molecule has 1 fully saturated rings. The third kappa shape index (κ3) is 5.84. The minimum absolute atomic E-state index is 0.183. The molecule has 4 rings (SSSR count). The molecular weight excluding hydrogens is 425 g/mol. The van der Waals surface area contributed by atoms with E-state index in [1.54, 1.807) is 12.1 Å². The number of nitrogens with zero attached hydrogens (tertiary/aromatic N) is 3. The largest absolute Gasteiger partial charge is 0.335 e. The third-order valence-corrected chi connectivity index (χ3v) is 6.55. The van der Waals surface area contributed by atoms with Gasteiger partial charge in [0.05, 0.1) is 0 Å². The summed E-state index contributed by atoms with van der Waals surface area (Å²) in [7, 11) is 4.22. The molecule has 0 bridgehead atoms. The van der Waals surface area contributed by atoms with Crippen LogP contribution in [0, 0.1) is 17.7 Å². The van der Waals surface area contributed by atoms with Gasteiger partial charge < -0.3 is 9.42 Å². The van der Waals surface area contributed by atoms with E-state index in [4.69, 9.17) is 16.1 Å². The van der Waals surface area contributed by atoms with Crippen molar-refractivity contribution in [2.45, 2.75) is 38.1 Å². The first kappa shape index (κ1) is 22.7. The summed E-state index contributed by atoms with van der Waals surface area (Å²) in [6.07, 6.45) is 9.30. The van der Waals surface area contributed by atoms with Crippen LogP contribution in [0.15, 0.2) is 59.1 Å². The van der Waals surface area contributed by atoms with Gasteiger partial charge in [-0.3, -0.25) is 0 Å². The monoisotopic (exact) mass is 453 g/mol. The summed E-state index contributed by atoms with van der Waals surface area (Å²) in [6, 6.07) is 15.0. The number of halogens is 2. The van der Waals surface area contributed by atoms with Crippen LogP contribution in [0.2, 0.25) is 5.02 Å². The lowest BCUT2D eigenvalue weighted by Gasteiger charge is -2.37. The Bertz CT molecular complexity index is 1020. The molecule has 1 heterocycles. The predicted molar refractivity (Wildman–Crippen MR) is 126 cm³/mol. The second-order valence-electron chi connectivity index (χ2n) is 8.85. The molecule has 2 aromatic carbocycles. The zero-order valence-electron chi connectivity index (χ0n) is 18.5. The highest BCUT2D eigenvalue weighted by molar-refractivity contribution is 6.30. The van der Waals surface area contributed by atoms with Crippen LogP contribution in [0.3, 0.4) is 0 Å². The molecule has 1 unspecified atom stereocenters. The number of hydrogen-bond acceptors (Lipinski definition) is 4. The van der Waals surface area contributed by atoms with Gasteiger partial charge in [-0.15, -0.1) is 0 Å². The average Bonchev–Trinajstić information content (AvgIpc) is 3.23. The lowest BCUT2D eigenvalue weighted by Crippen LogP contribution is -2.30. The van der Waals surface area contributed by atoms with E-state index in [1.165, 1.54) is 5.56 Å². The van der Waals surface area contributed by atoms with E-state index in [9.17, 15) is 4.39 Å².